The second kappa shape index (κ2) is 4.11. The van der Waals surface area contributed by atoms with Crippen molar-refractivity contribution in [2.24, 2.45) is 0 Å². The lowest BCUT2D eigenvalue weighted by Gasteiger charge is -2.04. The number of hydrogen-bond donors (Lipinski definition) is 1. The van der Waals surface area contributed by atoms with Crippen LogP contribution in [0.5, 0.6) is 0 Å². The van der Waals surface area contributed by atoms with Crippen LogP contribution < -0.4 is 0 Å². The van der Waals surface area contributed by atoms with E-state index >= 15 is 0 Å². The quantitative estimate of drug-likeness (QED) is 0.679. The highest BCUT2D eigenvalue weighted by Gasteiger charge is 2.03. The van der Waals surface area contributed by atoms with E-state index in [-0.39, 0.29) is 6.61 Å². The summed E-state index contributed by atoms with van der Waals surface area (Å²) in [6, 6.07) is 11.9. The largest absolute Gasteiger partial charge is 0.396 e. The van der Waals surface area contributed by atoms with Crippen molar-refractivity contribution >= 4 is 21.8 Å². The minimum atomic E-state index is 0.127. The van der Waals surface area contributed by atoms with Gasteiger partial charge >= 0.3 is 0 Å². The molecule has 0 unspecified atom stereocenters. The Morgan fingerprint density at radius 1 is 1.06 bits per heavy atom. The van der Waals surface area contributed by atoms with Crippen molar-refractivity contribution in [2.45, 2.75) is 6.42 Å². The van der Waals surface area contributed by atoms with Crippen LogP contribution >= 0.6 is 0 Å². The van der Waals surface area contributed by atoms with E-state index in [2.05, 4.69) is 9.97 Å². The molecule has 0 aliphatic carbocycles. The van der Waals surface area contributed by atoms with Gasteiger partial charge in [0, 0.05) is 35.7 Å². The number of benzene rings is 1. The van der Waals surface area contributed by atoms with Crippen LogP contribution in [0.2, 0.25) is 0 Å². The zero-order chi connectivity index (χ0) is 11.7. The molecule has 2 aromatic heterocycles. The van der Waals surface area contributed by atoms with E-state index in [0.717, 1.165) is 27.5 Å². The number of aliphatic hydroxyl groups excluding tert-OH is 1. The molecule has 0 saturated carbocycles. The fourth-order valence-corrected chi connectivity index (χ4v) is 2.01. The van der Waals surface area contributed by atoms with E-state index in [0.29, 0.717) is 6.42 Å². The van der Waals surface area contributed by atoms with Crippen LogP contribution in [0.4, 0.5) is 0 Å². The third-order valence-corrected chi connectivity index (χ3v) is 2.85. The van der Waals surface area contributed by atoms with Crippen molar-refractivity contribution in [1.29, 1.82) is 0 Å². The smallest absolute Gasteiger partial charge is 0.0814 e. The summed E-state index contributed by atoms with van der Waals surface area (Å²) < 4.78 is 0. The van der Waals surface area contributed by atoms with Crippen molar-refractivity contribution < 1.29 is 5.11 Å². The standard InChI is InChI=1S/C14H12N2O/c17-8-7-11-6-5-10-9-15-13-4-2-1-3-12(13)14(10)16-11/h1-6,9,17H,7-8H2. The summed E-state index contributed by atoms with van der Waals surface area (Å²) in [7, 11) is 0. The number of hydrogen-bond acceptors (Lipinski definition) is 3. The molecule has 1 aromatic carbocycles. The highest BCUT2D eigenvalue weighted by atomic mass is 16.3. The Labute approximate surface area is 98.8 Å². The fourth-order valence-electron chi connectivity index (χ4n) is 2.01. The Bertz CT molecular complexity index is 679. The second-order valence-electron chi connectivity index (χ2n) is 3.99. The SMILES string of the molecule is OCCc1ccc2cnc3ccccc3c2n1. The van der Waals surface area contributed by atoms with Crippen molar-refractivity contribution in [3.05, 3.63) is 48.3 Å². The molecule has 1 N–H and O–H groups in total. The molecule has 3 nitrogen and oxygen atoms in total. The number of aliphatic hydroxyl groups is 1. The van der Waals surface area contributed by atoms with Gasteiger partial charge in [-0.15, -0.1) is 0 Å². The van der Waals surface area contributed by atoms with E-state index in [4.69, 9.17) is 5.11 Å². The minimum Gasteiger partial charge on any atom is -0.396 e. The summed E-state index contributed by atoms with van der Waals surface area (Å²) in [5, 5.41) is 11.0. The summed E-state index contributed by atoms with van der Waals surface area (Å²) in [4.78, 5) is 8.99. The predicted octanol–water partition coefficient (Wildman–Crippen LogP) is 2.32. The van der Waals surface area contributed by atoms with E-state index in [1.807, 2.05) is 42.6 Å². The molecular weight excluding hydrogens is 212 g/mol. The zero-order valence-corrected chi connectivity index (χ0v) is 9.30. The van der Waals surface area contributed by atoms with Crippen LogP contribution in [0.3, 0.4) is 0 Å². The van der Waals surface area contributed by atoms with Gasteiger partial charge in [0.05, 0.1) is 11.0 Å². The maximum atomic E-state index is 8.95. The van der Waals surface area contributed by atoms with Crippen LogP contribution in [-0.4, -0.2) is 21.7 Å². The summed E-state index contributed by atoms with van der Waals surface area (Å²) in [6.45, 7) is 0.127. The summed E-state index contributed by atoms with van der Waals surface area (Å²) in [5.74, 6) is 0. The number of rotatable bonds is 2. The van der Waals surface area contributed by atoms with Gasteiger partial charge in [0.25, 0.3) is 0 Å². The highest BCUT2D eigenvalue weighted by Crippen LogP contribution is 2.21. The normalized spacial score (nSPS) is 11.1. The Morgan fingerprint density at radius 2 is 1.94 bits per heavy atom. The Balaban J connectivity index is 2.34. The molecule has 2 heterocycles. The first-order chi connectivity index (χ1) is 8.38. The summed E-state index contributed by atoms with van der Waals surface area (Å²) in [6.07, 6.45) is 2.43. The summed E-state index contributed by atoms with van der Waals surface area (Å²) >= 11 is 0. The van der Waals surface area contributed by atoms with Gasteiger partial charge in [0.1, 0.15) is 0 Å². The average Bonchev–Trinajstić information content (AvgIpc) is 2.39. The lowest BCUT2D eigenvalue weighted by Crippen LogP contribution is -1.95. The van der Waals surface area contributed by atoms with E-state index < -0.39 is 0 Å². The first-order valence-electron chi connectivity index (χ1n) is 5.63. The molecule has 0 aliphatic heterocycles. The number of fused-ring (bicyclic) bond motifs is 3. The maximum Gasteiger partial charge on any atom is 0.0814 e. The number of aromatic nitrogens is 2. The molecule has 17 heavy (non-hydrogen) atoms. The van der Waals surface area contributed by atoms with Gasteiger partial charge < -0.3 is 5.11 Å². The zero-order valence-electron chi connectivity index (χ0n) is 9.30. The van der Waals surface area contributed by atoms with Crippen molar-refractivity contribution in [3.8, 4) is 0 Å². The van der Waals surface area contributed by atoms with E-state index in [9.17, 15) is 0 Å². The topological polar surface area (TPSA) is 46.0 Å². The number of nitrogens with zero attached hydrogens (tertiary/aromatic N) is 2. The molecule has 0 atom stereocenters. The molecule has 0 radical (unpaired) electrons. The van der Waals surface area contributed by atoms with Gasteiger partial charge in [-0.05, 0) is 18.2 Å². The van der Waals surface area contributed by atoms with Gasteiger partial charge in [-0.1, -0.05) is 18.2 Å². The molecule has 0 saturated heterocycles. The lowest BCUT2D eigenvalue weighted by molar-refractivity contribution is 0.298. The lowest BCUT2D eigenvalue weighted by atomic mass is 10.1. The Kier molecular flexibility index (Phi) is 2.46. The molecular formula is C14H12N2O. The van der Waals surface area contributed by atoms with Crippen molar-refractivity contribution in [3.63, 3.8) is 0 Å². The second-order valence-corrected chi connectivity index (χ2v) is 3.99. The number of para-hydroxylation sites is 1. The molecule has 0 aliphatic rings. The van der Waals surface area contributed by atoms with Crippen molar-refractivity contribution in [2.75, 3.05) is 6.61 Å². The Morgan fingerprint density at radius 3 is 2.82 bits per heavy atom. The van der Waals surface area contributed by atoms with Crippen LogP contribution in [0.15, 0.2) is 42.6 Å². The monoisotopic (exact) mass is 224 g/mol. The van der Waals surface area contributed by atoms with Crippen molar-refractivity contribution in [1.82, 2.24) is 9.97 Å². The predicted molar refractivity (Wildman–Crippen MR) is 67.8 cm³/mol. The van der Waals surface area contributed by atoms with E-state index in [1.54, 1.807) is 0 Å². The first kappa shape index (κ1) is 10.2. The Hall–Kier alpha value is -2.00. The van der Waals surface area contributed by atoms with Crippen LogP contribution in [0, 0.1) is 0 Å². The van der Waals surface area contributed by atoms with Gasteiger partial charge in [-0.2, -0.15) is 0 Å². The molecule has 0 amide bonds. The van der Waals surface area contributed by atoms with Gasteiger partial charge in [0.2, 0.25) is 0 Å². The fraction of sp³-hybridized carbons (Fsp3) is 0.143. The summed E-state index contributed by atoms with van der Waals surface area (Å²) in [5.41, 5.74) is 2.83. The third-order valence-electron chi connectivity index (χ3n) is 2.85. The van der Waals surface area contributed by atoms with Gasteiger partial charge in [0.15, 0.2) is 0 Å². The van der Waals surface area contributed by atoms with Crippen LogP contribution in [0.1, 0.15) is 5.69 Å². The first-order valence-corrected chi connectivity index (χ1v) is 5.63. The molecule has 0 bridgehead atoms. The molecule has 3 rings (SSSR count). The molecule has 84 valence electrons. The highest BCUT2D eigenvalue weighted by molar-refractivity contribution is 6.02. The van der Waals surface area contributed by atoms with E-state index in [1.165, 1.54) is 0 Å². The maximum absolute atomic E-state index is 8.95. The molecule has 3 aromatic rings. The molecule has 0 fully saturated rings. The minimum absolute atomic E-state index is 0.127. The number of pyridine rings is 2. The van der Waals surface area contributed by atoms with Gasteiger partial charge in [-0.25, -0.2) is 0 Å². The van der Waals surface area contributed by atoms with Crippen LogP contribution in [0.25, 0.3) is 21.8 Å². The van der Waals surface area contributed by atoms with Gasteiger partial charge in [-0.3, -0.25) is 9.97 Å². The van der Waals surface area contributed by atoms with Crippen LogP contribution in [-0.2, 0) is 6.42 Å². The average molecular weight is 224 g/mol. The molecule has 0 spiro atoms. The third kappa shape index (κ3) is 1.74. The molecule has 3 heteroatoms.